The number of benzene rings is 1. The number of nitrogens with two attached hydrogens (primary N) is 1. The van der Waals surface area contributed by atoms with Crippen molar-refractivity contribution in [3.8, 4) is 0 Å². The molecule has 1 aromatic heterocycles. The molecule has 124 valence electrons. The van der Waals surface area contributed by atoms with Crippen LogP contribution in [0.4, 0.5) is 0 Å². The summed E-state index contributed by atoms with van der Waals surface area (Å²) in [5.74, 6) is 0.406. The van der Waals surface area contributed by atoms with Crippen molar-refractivity contribution in [1.29, 1.82) is 0 Å². The molecule has 0 aliphatic carbocycles. The highest BCUT2D eigenvalue weighted by molar-refractivity contribution is 7.12. The van der Waals surface area contributed by atoms with E-state index >= 15 is 0 Å². The van der Waals surface area contributed by atoms with Crippen molar-refractivity contribution in [2.45, 2.75) is 44.7 Å². The third kappa shape index (κ3) is 3.20. The van der Waals surface area contributed by atoms with Gasteiger partial charge in [-0.3, -0.25) is 0 Å². The molecule has 0 spiro atoms. The summed E-state index contributed by atoms with van der Waals surface area (Å²) in [6.07, 6.45) is 1.95. The second kappa shape index (κ2) is 6.56. The van der Waals surface area contributed by atoms with E-state index in [1.165, 1.54) is 20.9 Å². The largest absolute Gasteiger partial charge is 0.321 e. The molecule has 4 heteroatoms. The van der Waals surface area contributed by atoms with E-state index < -0.39 is 0 Å². The molecule has 1 unspecified atom stereocenters. The third-order valence-electron chi connectivity index (χ3n) is 5.15. The lowest BCUT2D eigenvalue weighted by Gasteiger charge is -2.30. The van der Waals surface area contributed by atoms with E-state index in [9.17, 15) is 0 Å². The number of likely N-dealkylation sites (N-methyl/N-ethyl adjacent to an activating group) is 1. The van der Waals surface area contributed by atoms with E-state index in [0.717, 1.165) is 31.0 Å². The molecule has 2 nitrogen and oxygen atoms in total. The smallest absolute Gasteiger partial charge is 0.0498 e. The molecule has 1 aliphatic rings. The third-order valence-corrected chi connectivity index (χ3v) is 6.76. The highest BCUT2D eigenvalue weighted by Crippen LogP contribution is 2.42. The van der Waals surface area contributed by atoms with Crippen LogP contribution in [0.1, 0.15) is 53.5 Å². The molecule has 2 aromatic rings. The van der Waals surface area contributed by atoms with Crippen molar-refractivity contribution in [1.82, 2.24) is 4.90 Å². The van der Waals surface area contributed by atoms with Crippen LogP contribution in [0, 0.1) is 0 Å². The zero-order valence-electron chi connectivity index (χ0n) is 14.1. The molecule has 2 N–H and O–H groups in total. The predicted molar refractivity (Wildman–Crippen MR) is 100 cm³/mol. The van der Waals surface area contributed by atoms with Gasteiger partial charge in [-0.05, 0) is 49.2 Å². The molecule has 0 amide bonds. The normalized spacial score (nSPS) is 18.9. The lowest BCUT2D eigenvalue weighted by molar-refractivity contribution is 0.299. The van der Waals surface area contributed by atoms with Gasteiger partial charge in [0.25, 0.3) is 0 Å². The number of thiophene rings is 1. The van der Waals surface area contributed by atoms with Gasteiger partial charge in [0, 0.05) is 39.3 Å². The molecular formula is C19H25ClN2S. The first-order chi connectivity index (χ1) is 11.0. The minimum atomic E-state index is -0.189. The fourth-order valence-corrected chi connectivity index (χ4v) is 5.08. The zero-order chi connectivity index (χ0) is 16.6. The van der Waals surface area contributed by atoms with Gasteiger partial charge in [0.1, 0.15) is 0 Å². The Morgan fingerprint density at radius 3 is 2.52 bits per heavy atom. The van der Waals surface area contributed by atoms with Crippen LogP contribution in [0.2, 0.25) is 5.02 Å². The summed E-state index contributed by atoms with van der Waals surface area (Å²) in [5.41, 5.74) is 9.25. The molecule has 3 rings (SSSR count). The Labute approximate surface area is 148 Å². The fourth-order valence-electron chi connectivity index (χ4n) is 3.40. The summed E-state index contributed by atoms with van der Waals surface area (Å²) in [6, 6.07) is 10.7. The minimum Gasteiger partial charge on any atom is -0.321 e. The van der Waals surface area contributed by atoms with Gasteiger partial charge in [-0.25, -0.2) is 0 Å². The highest BCUT2D eigenvalue weighted by Gasteiger charge is 2.32. The average Bonchev–Trinajstić information content (AvgIpc) is 2.98. The van der Waals surface area contributed by atoms with Gasteiger partial charge in [-0.2, -0.15) is 0 Å². The first kappa shape index (κ1) is 17.0. The molecular weight excluding hydrogens is 324 g/mol. The molecule has 23 heavy (non-hydrogen) atoms. The van der Waals surface area contributed by atoms with E-state index in [2.05, 4.69) is 44.0 Å². The maximum atomic E-state index is 6.65. The standard InChI is InChI=1S/C19H25ClN2S/c1-4-19(21,5-2)18-10-15-16(11-22(3)12-17(15)23-18)13-6-8-14(20)9-7-13/h6-10,16H,4-5,11-12,21H2,1-3H3. The van der Waals surface area contributed by atoms with E-state index in [-0.39, 0.29) is 5.54 Å². The number of fused-ring (bicyclic) bond motifs is 1. The highest BCUT2D eigenvalue weighted by atomic mass is 35.5. The monoisotopic (exact) mass is 348 g/mol. The van der Waals surface area contributed by atoms with Crippen molar-refractivity contribution < 1.29 is 0 Å². The van der Waals surface area contributed by atoms with Crippen molar-refractivity contribution in [3.05, 3.63) is 56.2 Å². The maximum absolute atomic E-state index is 6.65. The van der Waals surface area contributed by atoms with E-state index in [1.54, 1.807) is 0 Å². The second-order valence-corrected chi connectivity index (χ2v) is 8.23. The Kier molecular flexibility index (Phi) is 4.84. The first-order valence-electron chi connectivity index (χ1n) is 8.32. The van der Waals surface area contributed by atoms with Crippen LogP contribution in [0.3, 0.4) is 0 Å². The molecule has 1 aromatic carbocycles. The molecule has 0 saturated carbocycles. The Morgan fingerprint density at radius 2 is 1.91 bits per heavy atom. The Morgan fingerprint density at radius 1 is 1.26 bits per heavy atom. The Hall–Kier alpha value is -0.870. The van der Waals surface area contributed by atoms with Crippen LogP contribution in [0.15, 0.2) is 30.3 Å². The van der Waals surface area contributed by atoms with Crippen LogP contribution in [-0.4, -0.2) is 18.5 Å². The van der Waals surface area contributed by atoms with E-state index in [4.69, 9.17) is 17.3 Å². The topological polar surface area (TPSA) is 29.3 Å². The molecule has 0 fully saturated rings. The van der Waals surface area contributed by atoms with Gasteiger partial charge in [0.05, 0.1) is 0 Å². The van der Waals surface area contributed by atoms with Crippen LogP contribution in [0.5, 0.6) is 0 Å². The van der Waals surface area contributed by atoms with E-state index in [0.29, 0.717) is 5.92 Å². The maximum Gasteiger partial charge on any atom is 0.0498 e. The van der Waals surface area contributed by atoms with Crippen molar-refractivity contribution >= 4 is 22.9 Å². The number of nitrogens with zero attached hydrogens (tertiary/aromatic N) is 1. The lowest BCUT2D eigenvalue weighted by atomic mass is 9.86. The molecule has 0 bridgehead atoms. The van der Waals surface area contributed by atoms with Gasteiger partial charge in [0.2, 0.25) is 0 Å². The van der Waals surface area contributed by atoms with E-state index in [1.807, 2.05) is 23.5 Å². The summed E-state index contributed by atoms with van der Waals surface area (Å²) >= 11 is 7.96. The molecule has 1 atom stereocenters. The minimum absolute atomic E-state index is 0.189. The van der Waals surface area contributed by atoms with Crippen LogP contribution in [-0.2, 0) is 12.1 Å². The summed E-state index contributed by atoms with van der Waals surface area (Å²) in [4.78, 5) is 5.20. The second-order valence-electron chi connectivity index (χ2n) is 6.65. The van der Waals surface area contributed by atoms with Crippen molar-refractivity contribution in [2.24, 2.45) is 5.73 Å². The quantitative estimate of drug-likeness (QED) is 0.846. The summed E-state index contributed by atoms with van der Waals surface area (Å²) in [7, 11) is 2.20. The van der Waals surface area contributed by atoms with Gasteiger partial charge < -0.3 is 10.6 Å². The Balaban J connectivity index is 2.03. The number of halogens is 1. The van der Waals surface area contributed by atoms with Gasteiger partial charge in [0.15, 0.2) is 0 Å². The van der Waals surface area contributed by atoms with Crippen LogP contribution >= 0.6 is 22.9 Å². The molecule has 2 heterocycles. The number of rotatable bonds is 4. The fraction of sp³-hybridized carbons (Fsp3) is 0.474. The van der Waals surface area contributed by atoms with Gasteiger partial charge in [-0.1, -0.05) is 37.6 Å². The van der Waals surface area contributed by atoms with Crippen LogP contribution in [0.25, 0.3) is 0 Å². The molecule has 1 aliphatic heterocycles. The zero-order valence-corrected chi connectivity index (χ0v) is 15.7. The van der Waals surface area contributed by atoms with Crippen molar-refractivity contribution in [2.75, 3.05) is 13.6 Å². The summed E-state index contributed by atoms with van der Waals surface area (Å²) in [5, 5.41) is 0.794. The predicted octanol–water partition coefficient (Wildman–Crippen LogP) is 4.95. The number of hydrogen-bond acceptors (Lipinski definition) is 3. The van der Waals surface area contributed by atoms with Gasteiger partial charge in [-0.15, -0.1) is 11.3 Å². The summed E-state index contributed by atoms with van der Waals surface area (Å²) < 4.78 is 0. The van der Waals surface area contributed by atoms with Gasteiger partial charge >= 0.3 is 0 Å². The average molecular weight is 349 g/mol. The SMILES string of the molecule is CCC(N)(CC)c1cc2c(s1)CN(C)CC2c1ccc(Cl)cc1. The molecule has 0 radical (unpaired) electrons. The van der Waals surface area contributed by atoms with Crippen LogP contribution < -0.4 is 5.73 Å². The van der Waals surface area contributed by atoms with Crippen molar-refractivity contribution in [3.63, 3.8) is 0 Å². The molecule has 0 saturated heterocycles. The summed E-state index contributed by atoms with van der Waals surface area (Å²) in [6.45, 7) is 6.43. The lowest BCUT2D eigenvalue weighted by Crippen LogP contribution is -2.34. The first-order valence-corrected chi connectivity index (χ1v) is 9.52. The number of hydrogen-bond donors (Lipinski definition) is 1. The Bertz CT molecular complexity index is 673.